The van der Waals surface area contributed by atoms with Crippen molar-refractivity contribution in [2.24, 2.45) is 5.73 Å². The number of benzene rings is 1. The molecule has 162 valence electrons. The lowest BCUT2D eigenvalue weighted by Crippen LogP contribution is -2.39. The molecule has 0 saturated carbocycles. The smallest absolute Gasteiger partial charge is 0.318 e. The molecule has 1 aliphatic carbocycles. The molecule has 3 N–H and O–H groups in total. The summed E-state index contributed by atoms with van der Waals surface area (Å²) in [5, 5.41) is 2.68. The van der Waals surface area contributed by atoms with Crippen LogP contribution in [0.1, 0.15) is 35.8 Å². The molecule has 1 aliphatic rings. The Morgan fingerprint density at radius 3 is 2.74 bits per heavy atom. The molecule has 0 bridgehead atoms. The van der Waals surface area contributed by atoms with E-state index in [1.807, 2.05) is 30.3 Å². The molecular formula is C22H24N4O3S2. The van der Waals surface area contributed by atoms with Crippen molar-refractivity contribution in [3.8, 4) is 0 Å². The highest BCUT2D eigenvalue weighted by Crippen LogP contribution is 2.35. The number of hydrogen-bond acceptors (Lipinski definition) is 6. The van der Waals surface area contributed by atoms with Crippen LogP contribution in [0, 0.1) is 0 Å². The van der Waals surface area contributed by atoms with E-state index in [-0.39, 0.29) is 5.56 Å². The lowest BCUT2D eigenvalue weighted by molar-refractivity contribution is -0.119. The molecule has 0 saturated heterocycles. The van der Waals surface area contributed by atoms with Crippen molar-refractivity contribution in [2.45, 2.75) is 56.0 Å². The summed E-state index contributed by atoms with van der Waals surface area (Å²) in [5.74, 6) is -0.507. The minimum Gasteiger partial charge on any atom is -0.351 e. The third-order valence-corrected chi connectivity index (χ3v) is 7.68. The van der Waals surface area contributed by atoms with Crippen molar-refractivity contribution in [3.05, 3.63) is 56.7 Å². The summed E-state index contributed by atoms with van der Waals surface area (Å²) in [6.45, 7) is 2.13. The van der Waals surface area contributed by atoms with Crippen LogP contribution in [0.2, 0.25) is 0 Å². The van der Waals surface area contributed by atoms with E-state index in [1.165, 1.54) is 16.6 Å². The molecule has 7 nitrogen and oxygen atoms in total. The molecule has 0 unspecified atom stereocenters. The Balaban J connectivity index is 1.74. The van der Waals surface area contributed by atoms with Gasteiger partial charge in [0.25, 0.3) is 5.56 Å². The Bertz CT molecular complexity index is 1190. The zero-order valence-corrected chi connectivity index (χ0v) is 18.9. The van der Waals surface area contributed by atoms with E-state index < -0.39 is 17.2 Å². The summed E-state index contributed by atoms with van der Waals surface area (Å²) < 4.78 is 1.68. The molecule has 1 aromatic carbocycles. The maximum atomic E-state index is 13.6. The molecule has 31 heavy (non-hydrogen) atoms. The molecule has 9 heteroatoms. The highest BCUT2D eigenvalue weighted by Gasteiger charge is 2.24. The maximum absolute atomic E-state index is 13.6. The Kier molecular flexibility index (Phi) is 6.43. The predicted molar refractivity (Wildman–Crippen MR) is 124 cm³/mol. The van der Waals surface area contributed by atoms with Gasteiger partial charge in [0.2, 0.25) is 5.91 Å². The van der Waals surface area contributed by atoms with Crippen LogP contribution in [0.15, 0.2) is 40.3 Å². The van der Waals surface area contributed by atoms with Crippen LogP contribution in [0.25, 0.3) is 10.2 Å². The Morgan fingerprint density at radius 2 is 2.00 bits per heavy atom. The van der Waals surface area contributed by atoms with Crippen molar-refractivity contribution < 1.29 is 9.59 Å². The van der Waals surface area contributed by atoms with Crippen molar-refractivity contribution in [1.82, 2.24) is 14.9 Å². The van der Waals surface area contributed by atoms with Gasteiger partial charge >= 0.3 is 6.03 Å². The van der Waals surface area contributed by atoms with Gasteiger partial charge in [-0.15, -0.1) is 11.3 Å². The molecule has 4 rings (SSSR count). The van der Waals surface area contributed by atoms with Gasteiger partial charge in [-0.3, -0.25) is 19.5 Å². The SMILES string of the molecule is C[C@H](Sc1nc2sc3c(c2c(=O)n1CCc1ccccc1)CCCC3)C(=O)NC(N)=O. The summed E-state index contributed by atoms with van der Waals surface area (Å²) >= 11 is 2.75. The summed E-state index contributed by atoms with van der Waals surface area (Å²) in [5.41, 5.74) is 7.29. The highest BCUT2D eigenvalue weighted by atomic mass is 32.2. The number of thiophene rings is 1. The number of thioether (sulfide) groups is 1. The minimum atomic E-state index is -0.895. The van der Waals surface area contributed by atoms with E-state index in [0.29, 0.717) is 18.1 Å². The van der Waals surface area contributed by atoms with E-state index >= 15 is 0 Å². The van der Waals surface area contributed by atoms with Crippen LogP contribution in [0.5, 0.6) is 0 Å². The van der Waals surface area contributed by atoms with Gasteiger partial charge in [0.15, 0.2) is 5.16 Å². The first kappa shape index (κ1) is 21.6. The number of imide groups is 1. The van der Waals surface area contributed by atoms with Gasteiger partial charge in [0, 0.05) is 11.4 Å². The average Bonchev–Trinajstić information content (AvgIpc) is 3.12. The van der Waals surface area contributed by atoms with Gasteiger partial charge in [-0.2, -0.15) is 0 Å². The molecule has 1 atom stereocenters. The second-order valence-corrected chi connectivity index (χ2v) is 9.98. The molecule has 2 aromatic heterocycles. The first-order valence-electron chi connectivity index (χ1n) is 10.3. The van der Waals surface area contributed by atoms with Crippen LogP contribution in [-0.2, 0) is 30.6 Å². The van der Waals surface area contributed by atoms with E-state index in [2.05, 4.69) is 5.32 Å². The lowest BCUT2D eigenvalue weighted by atomic mass is 9.97. The standard InChI is InChI=1S/C22H24N4O3S2/c1-13(18(27)24-21(23)29)30-22-25-19-17(15-9-5-6-10-16(15)31-19)20(28)26(22)12-11-14-7-3-2-4-8-14/h2-4,7-8,13H,5-6,9-12H2,1H3,(H3,23,24,27,29)/t13-/m0/s1. The minimum absolute atomic E-state index is 0.0506. The van der Waals surface area contributed by atoms with Crippen molar-refractivity contribution >= 4 is 45.3 Å². The van der Waals surface area contributed by atoms with Gasteiger partial charge in [0.1, 0.15) is 4.83 Å². The number of fused-ring (bicyclic) bond motifs is 3. The van der Waals surface area contributed by atoms with Gasteiger partial charge < -0.3 is 5.73 Å². The van der Waals surface area contributed by atoms with E-state index in [9.17, 15) is 14.4 Å². The topological polar surface area (TPSA) is 107 Å². The van der Waals surface area contributed by atoms with Gasteiger partial charge in [-0.05, 0) is 50.2 Å². The largest absolute Gasteiger partial charge is 0.351 e. The van der Waals surface area contributed by atoms with Gasteiger partial charge in [-0.1, -0.05) is 42.1 Å². The fourth-order valence-corrected chi connectivity index (χ4v) is 6.06. The van der Waals surface area contributed by atoms with Crippen LogP contribution in [-0.4, -0.2) is 26.7 Å². The van der Waals surface area contributed by atoms with Crippen LogP contribution < -0.4 is 16.6 Å². The number of rotatable bonds is 6. The number of hydrogen-bond donors (Lipinski definition) is 2. The zero-order valence-electron chi connectivity index (χ0n) is 17.2. The van der Waals surface area contributed by atoms with Gasteiger partial charge in [0.05, 0.1) is 10.6 Å². The number of carbonyl (C=O) groups is 2. The van der Waals surface area contributed by atoms with E-state index in [1.54, 1.807) is 22.8 Å². The molecule has 2 heterocycles. The molecular weight excluding hydrogens is 432 g/mol. The Hall–Kier alpha value is -2.65. The fourth-order valence-electron chi connectivity index (χ4n) is 3.83. The molecule has 3 amide bonds. The maximum Gasteiger partial charge on any atom is 0.318 e. The van der Waals surface area contributed by atoms with Crippen LogP contribution >= 0.6 is 23.1 Å². The number of aryl methyl sites for hydroxylation is 3. The predicted octanol–water partition coefficient (Wildman–Crippen LogP) is 3.26. The van der Waals surface area contributed by atoms with Crippen molar-refractivity contribution in [2.75, 3.05) is 0 Å². The quantitative estimate of drug-likeness (QED) is 0.437. The molecule has 0 fully saturated rings. The summed E-state index contributed by atoms with van der Waals surface area (Å²) in [6, 6.07) is 9.06. The molecule has 3 aromatic rings. The first-order valence-corrected chi connectivity index (χ1v) is 12.0. The van der Waals surface area contributed by atoms with Gasteiger partial charge in [-0.25, -0.2) is 9.78 Å². The number of amides is 3. The second-order valence-electron chi connectivity index (χ2n) is 7.59. The number of primary amides is 1. The van der Waals surface area contributed by atoms with Crippen LogP contribution in [0.3, 0.4) is 0 Å². The monoisotopic (exact) mass is 456 g/mol. The lowest BCUT2D eigenvalue weighted by Gasteiger charge is -2.16. The molecule has 0 aliphatic heterocycles. The third-order valence-electron chi connectivity index (χ3n) is 5.40. The van der Waals surface area contributed by atoms with Crippen molar-refractivity contribution in [3.63, 3.8) is 0 Å². The van der Waals surface area contributed by atoms with Crippen LogP contribution in [0.4, 0.5) is 4.79 Å². The normalized spacial score (nSPS) is 14.2. The summed E-state index contributed by atoms with van der Waals surface area (Å²) in [4.78, 5) is 43.6. The Morgan fingerprint density at radius 1 is 1.26 bits per heavy atom. The highest BCUT2D eigenvalue weighted by molar-refractivity contribution is 8.00. The number of nitrogens with one attached hydrogen (secondary N) is 1. The van der Waals surface area contributed by atoms with E-state index in [0.717, 1.165) is 47.0 Å². The number of urea groups is 1. The Labute approximate surface area is 188 Å². The number of nitrogens with zero attached hydrogens (tertiary/aromatic N) is 2. The van der Waals surface area contributed by atoms with Crippen molar-refractivity contribution in [1.29, 1.82) is 0 Å². The number of nitrogens with two attached hydrogens (primary N) is 1. The fraction of sp³-hybridized carbons (Fsp3) is 0.364. The average molecular weight is 457 g/mol. The summed E-state index contributed by atoms with van der Waals surface area (Å²) in [7, 11) is 0. The number of aromatic nitrogens is 2. The first-order chi connectivity index (χ1) is 14.9. The number of carbonyl (C=O) groups excluding carboxylic acids is 2. The third kappa shape index (κ3) is 4.67. The summed E-state index contributed by atoms with van der Waals surface area (Å²) in [6.07, 6.45) is 4.79. The zero-order chi connectivity index (χ0) is 22.0. The molecule has 0 radical (unpaired) electrons. The molecule has 0 spiro atoms. The van der Waals surface area contributed by atoms with E-state index in [4.69, 9.17) is 10.7 Å². The second kappa shape index (κ2) is 9.23.